The van der Waals surface area contributed by atoms with E-state index in [1.807, 2.05) is 71.6 Å². The third-order valence-corrected chi connectivity index (χ3v) is 8.96. The monoisotopic (exact) mass is 553 g/mol. The van der Waals surface area contributed by atoms with E-state index >= 15 is 0 Å². The predicted octanol–water partition coefficient (Wildman–Crippen LogP) is 7.06. The van der Waals surface area contributed by atoms with Gasteiger partial charge in [-0.15, -0.1) is 0 Å². The molecule has 1 saturated carbocycles. The second-order valence-electron chi connectivity index (χ2n) is 11.0. The Kier molecular flexibility index (Phi) is 9.40. The van der Waals surface area contributed by atoms with Crippen molar-refractivity contribution in [2.75, 3.05) is 25.0 Å². The standard InChI is InChI=1S/C34H39N3O2S/c1-25-11-9-14-27(21-25)24-37-30-23-28(33(38)35-19-10-20-36(2)29-15-7-4-8-16-29)17-18-31(30)40-32(34(37)39)22-26-12-5-3-6-13-26/h3,5-6,9,11-14,17-18,21-23,29H,4,7-8,10,15-16,19-20,24H2,1-2H3,(H,35,38). The maximum Gasteiger partial charge on any atom is 0.265 e. The third-order valence-electron chi connectivity index (χ3n) is 7.88. The van der Waals surface area contributed by atoms with Crippen LogP contribution < -0.4 is 10.2 Å². The Bertz CT molecular complexity index is 1360. The minimum Gasteiger partial charge on any atom is -0.352 e. The summed E-state index contributed by atoms with van der Waals surface area (Å²) in [6, 6.07) is 24.5. The molecule has 2 amide bonds. The Labute approximate surface area is 242 Å². The number of amides is 2. The van der Waals surface area contributed by atoms with Crippen molar-refractivity contribution in [1.29, 1.82) is 0 Å². The number of aryl methyl sites for hydroxylation is 1. The van der Waals surface area contributed by atoms with Gasteiger partial charge >= 0.3 is 0 Å². The molecule has 2 aliphatic rings. The summed E-state index contributed by atoms with van der Waals surface area (Å²) in [5.41, 5.74) is 4.56. The molecule has 3 aromatic rings. The zero-order valence-corrected chi connectivity index (χ0v) is 24.4. The lowest BCUT2D eigenvalue weighted by Crippen LogP contribution is -2.36. The van der Waals surface area contributed by atoms with Crippen molar-refractivity contribution in [1.82, 2.24) is 10.2 Å². The quantitative estimate of drug-likeness (QED) is 0.228. The number of rotatable bonds is 9. The first kappa shape index (κ1) is 28.2. The van der Waals surface area contributed by atoms with Gasteiger partial charge in [-0.25, -0.2) is 0 Å². The summed E-state index contributed by atoms with van der Waals surface area (Å²) >= 11 is 1.47. The normalized spacial score (nSPS) is 16.8. The smallest absolute Gasteiger partial charge is 0.265 e. The van der Waals surface area contributed by atoms with E-state index in [0.717, 1.165) is 40.2 Å². The highest BCUT2D eigenvalue weighted by atomic mass is 32.2. The molecule has 0 bridgehead atoms. The maximum atomic E-state index is 13.8. The molecule has 208 valence electrons. The number of carbonyl (C=O) groups is 2. The number of nitrogens with zero attached hydrogens (tertiary/aromatic N) is 2. The van der Waals surface area contributed by atoms with Gasteiger partial charge in [0.05, 0.1) is 17.1 Å². The van der Waals surface area contributed by atoms with Crippen LogP contribution in [0.2, 0.25) is 0 Å². The molecule has 1 aliphatic heterocycles. The van der Waals surface area contributed by atoms with Crippen molar-refractivity contribution in [2.24, 2.45) is 0 Å². The van der Waals surface area contributed by atoms with E-state index in [0.29, 0.717) is 29.6 Å². The summed E-state index contributed by atoms with van der Waals surface area (Å²) in [5, 5.41) is 3.10. The SMILES string of the molecule is Cc1cccc(CN2C(=O)C(=Cc3ccccc3)Sc3ccc(C(=O)NCCCN(C)C4CCCCC4)cc32)c1. The molecule has 0 unspecified atom stereocenters. The highest BCUT2D eigenvalue weighted by Gasteiger charge is 2.30. The first-order chi connectivity index (χ1) is 19.5. The van der Waals surface area contributed by atoms with Crippen LogP contribution in [0, 0.1) is 6.92 Å². The highest BCUT2D eigenvalue weighted by molar-refractivity contribution is 8.04. The van der Waals surface area contributed by atoms with E-state index in [-0.39, 0.29) is 11.8 Å². The molecule has 0 spiro atoms. The number of carbonyl (C=O) groups excluding carboxylic acids is 2. The summed E-state index contributed by atoms with van der Waals surface area (Å²) in [4.78, 5) is 32.8. The van der Waals surface area contributed by atoms with Crippen LogP contribution in [0.3, 0.4) is 0 Å². The Morgan fingerprint density at radius 2 is 1.82 bits per heavy atom. The van der Waals surface area contributed by atoms with E-state index in [2.05, 4.69) is 36.3 Å². The van der Waals surface area contributed by atoms with Gasteiger partial charge in [0.15, 0.2) is 0 Å². The van der Waals surface area contributed by atoms with E-state index in [4.69, 9.17) is 0 Å². The number of nitrogens with one attached hydrogen (secondary N) is 1. The summed E-state index contributed by atoms with van der Waals surface area (Å²) in [6.45, 7) is 4.12. The van der Waals surface area contributed by atoms with Crippen molar-refractivity contribution in [3.63, 3.8) is 0 Å². The van der Waals surface area contributed by atoms with Crippen LogP contribution >= 0.6 is 11.8 Å². The Balaban J connectivity index is 1.31. The summed E-state index contributed by atoms with van der Waals surface area (Å²) < 4.78 is 0. The minimum atomic E-state index is -0.0956. The average Bonchev–Trinajstić information content (AvgIpc) is 2.98. The maximum absolute atomic E-state index is 13.8. The van der Waals surface area contributed by atoms with Crippen LogP contribution in [0.5, 0.6) is 0 Å². The van der Waals surface area contributed by atoms with Crippen molar-refractivity contribution >= 4 is 35.3 Å². The molecule has 5 rings (SSSR count). The van der Waals surface area contributed by atoms with Crippen molar-refractivity contribution in [2.45, 2.75) is 62.9 Å². The lowest BCUT2D eigenvalue weighted by atomic mass is 9.94. The van der Waals surface area contributed by atoms with E-state index < -0.39 is 0 Å². The van der Waals surface area contributed by atoms with Gasteiger partial charge in [-0.1, -0.05) is 91.2 Å². The fraction of sp³-hybridized carbons (Fsp3) is 0.353. The molecule has 5 nitrogen and oxygen atoms in total. The van der Waals surface area contributed by atoms with Crippen LogP contribution in [-0.4, -0.2) is 42.9 Å². The topological polar surface area (TPSA) is 52.7 Å². The van der Waals surface area contributed by atoms with Crippen LogP contribution in [0.4, 0.5) is 5.69 Å². The van der Waals surface area contributed by atoms with Gasteiger partial charge in [-0.2, -0.15) is 0 Å². The van der Waals surface area contributed by atoms with Crippen LogP contribution in [-0.2, 0) is 11.3 Å². The largest absolute Gasteiger partial charge is 0.352 e. The van der Waals surface area contributed by atoms with Gasteiger partial charge in [0.25, 0.3) is 11.8 Å². The van der Waals surface area contributed by atoms with Gasteiger partial charge in [0.2, 0.25) is 0 Å². The summed E-state index contributed by atoms with van der Waals surface area (Å²) in [7, 11) is 2.21. The van der Waals surface area contributed by atoms with Crippen LogP contribution in [0.25, 0.3) is 6.08 Å². The van der Waals surface area contributed by atoms with E-state index in [1.54, 1.807) is 0 Å². The number of hydrogen-bond donors (Lipinski definition) is 1. The van der Waals surface area contributed by atoms with Crippen molar-refractivity contribution in [3.8, 4) is 0 Å². The molecule has 40 heavy (non-hydrogen) atoms. The third kappa shape index (κ3) is 7.04. The fourth-order valence-corrected chi connectivity index (χ4v) is 6.68. The fourth-order valence-electron chi connectivity index (χ4n) is 5.64. The minimum absolute atomic E-state index is 0.0498. The van der Waals surface area contributed by atoms with Gasteiger partial charge in [-0.05, 0) is 75.2 Å². The summed E-state index contributed by atoms with van der Waals surface area (Å²) in [5.74, 6) is -0.145. The Morgan fingerprint density at radius 1 is 1.02 bits per heavy atom. The molecule has 1 fully saturated rings. The summed E-state index contributed by atoms with van der Waals surface area (Å²) in [6.07, 6.45) is 9.46. The lowest BCUT2D eigenvalue weighted by Gasteiger charge is -2.31. The average molecular weight is 554 g/mol. The number of thioether (sulfide) groups is 1. The van der Waals surface area contributed by atoms with E-state index in [9.17, 15) is 9.59 Å². The number of benzene rings is 3. The molecule has 0 atom stereocenters. The first-order valence-corrected chi connectivity index (χ1v) is 15.2. The molecule has 0 radical (unpaired) electrons. The number of fused-ring (bicyclic) bond motifs is 1. The second kappa shape index (κ2) is 13.3. The van der Waals surface area contributed by atoms with Crippen molar-refractivity contribution < 1.29 is 9.59 Å². The van der Waals surface area contributed by atoms with Crippen molar-refractivity contribution in [3.05, 3.63) is 100.0 Å². The molecule has 0 aromatic heterocycles. The molecular formula is C34H39N3O2S. The second-order valence-corrected chi connectivity index (χ2v) is 12.0. The molecule has 1 heterocycles. The Hall–Kier alpha value is -3.35. The highest BCUT2D eigenvalue weighted by Crippen LogP contribution is 2.43. The number of anilines is 1. The molecule has 0 saturated heterocycles. The van der Waals surface area contributed by atoms with Crippen LogP contribution in [0.15, 0.2) is 82.6 Å². The molecule has 1 N–H and O–H groups in total. The van der Waals surface area contributed by atoms with Gasteiger partial charge in [0.1, 0.15) is 0 Å². The molecular weight excluding hydrogens is 514 g/mol. The van der Waals surface area contributed by atoms with Gasteiger partial charge < -0.3 is 15.1 Å². The van der Waals surface area contributed by atoms with Gasteiger partial charge in [0, 0.05) is 23.0 Å². The zero-order chi connectivity index (χ0) is 27.9. The van der Waals surface area contributed by atoms with E-state index in [1.165, 1.54) is 43.9 Å². The molecule has 1 aliphatic carbocycles. The lowest BCUT2D eigenvalue weighted by molar-refractivity contribution is -0.114. The predicted molar refractivity (Wildman–Crippen MR) is 166 cm³/mol. The number of hydrogen-bond acceptors (Lipinski definition) is 4. The zero-order valence-electron chi connectivity index (χ0n) is 23.6. The first-order valence-electron chi connectivity index (χ1n) is 14.4. The van der Waals surface area contributed by atoms with Gasteiger partial charge in [-0.3, -0.25) is 9.59 Å². The molecule has 6 heteroatoms. The Morgan fingerprint density at radius 3 is 2.60 bits per heavy atom. The molecule has 3 aromatic carbocycles. The van der Waals surface area contributed by atoms with Crippen LogP contribution in [0.1, 0.15) is 65.6 Å².